The van der Waals surface area contributed by atoms with Gasteiger partial charge < -0.3 is 4.74 Å². The molecule has 1 aromatic rings. The van der Waals surface area contributed by atoms with Gasteiger partial charge in [-0.05, 0) is 24.6 Å². The van der Waals surface area contributed by atoms with Crippen molar-refractivity contribution in [1.29, 1.82) is 0 Å². The highest BCUT2D eigenvalue weighted by atomic mass is 19.1. The number of allylic oxidation sites excluding steroid dienone is 1. The van der Waals surface area contributed by atoms with Crippen LogP contribution in [0.3, 0.4) is 0 Å². The van der Waals surface area contributed by atoms with Crippen LogP contribution in [0.5, 0.6) is 5.75 Å². The zero-order valence-corrected chi connectivity index (χ0v) is 8.47. The molecule has 3 heteroatoms. The lowest BCUT2D eigenvalue weighted by atomic mass is 9.95. The molecule has 1 aliphatic heterocycles. The Morgan fingerprint density at radius 1 is 1.20 bits per heavy atom. The van der Waals surface area contributed by atoms with Crippen LogP contribution in [0.4, 0.5) is 8.78 Å². The topological polar surface area (TPSA) is 9.23 Å². The van der Waals surface area contributed by atoms with E-state index < -0.39 is 19.0 Å². The second-order valence-corrected chi connectivity index (χ2v) is 3.76. The largest absolute Gasteiger partial charge is 0.477 e. The molecule has 1 heterocycles. The number of hydrogen-bond donors (Lipinski definition) is 0. The molecule has 0 saturated heterocycles. The Hall–Kier alpha value is -1.38. The van der Waals surface area contributed by atoms with Gasteiger partial charge in [0.25, 0.3) is 0 Å². The Labute approximate surface area is 87.4 Å². The minimum atomic E-state index is -1.42. The molecule has 15 heavy (non-hydrogen) atoms. The summed E-state index contributed by atoms with van der Waals surface area (Å²) >= 11 is 0. The maximum atomic E-state index is 12.8. The highest BCUT2D eigenvalue weighted by Gasteiger charge is 2.34. The Bertz CT molecular complexity index is 394. The first-order valence-corrected chi connectivity index (χ1v) is 4.80. The summed E-state index contributed by atoms with van der Waals surface area (Å²) in [5.41, 5.74) is 0.334. The van der Waals surface area contributed by atoms with Crippen LogP contribution in [-0.2, 0) is 0 Å². The minimum Gasteiger partial charge on any atom is -0.477 e. The predicted octanol–water partition coefficient (Wildman–Crippen LogP) is 3.16. The van der Waals surface area contributed by atoms with Crippen molar-refractivity contribution in [3.63, 3.8) is 0 Å². The van der Waals surface area contributed by atoms with Gasteiger partial charge in [0.1, 0.15) is 19.1 Å². The first-order valence-electron chi connectivity index (χ1n) is 4.80. The van der Waals surface area contributed by atoms with Crippen molar-refractivity contribution in [2.45, 2.75) is 12.5 Å². The highest BCUT2D eigenvalue weighted by molar-refractivity contribution is 5.72. The lowest BCUT2D eigenvalue weighted by molar-refractivity contribution is 0.0592. The molecule has 0 N–H and O–H groups in total. The lowest BCUT2D eigenvalue weighted by Gasteiger charge is -2.31. The molecule has 0 aliphatic carbocycles. The van der Waals surface area contributed by atoms with E-state index in [2.05, 4.69) is 0 Å². The van der Waals surface area contributed by atoms with Crippen molar-refractivity contribution in [2.75, 3.05) is 13.3 Å². The molecule has 2 rings (SSSR count). The zero-order valence-electron chi connectivity index (χ0n) is 8.47. The predicted molar refractivity (Wildman–Crippen MR) is 55.4 cm³/mol. The SMILES string of the molecule is CC1=CC(CF)(CF)Oc2ccccc21. The van der Waals surface area contributed by atoms with Gasteiger partial charge in [-0.15, -0.1) is 0 Å². The molecule has 0 fully saturated rings. The summed E-state index contributed by atoms with van der Waals surface area (Å²) in [6, 6.07) is 7.27. The van der Waals surface area contributed by atoms with Crippen LogP contribution in [0, 0.1) is 0 Å². The normalized spacial score (nSPS) is 17.7. The average Bonchev–Trinajstić information content (AvgIpc) is 2.29. The minimum absolute atomic E-state index is 0.549. The van der Waals surface area contributed by atoms with Gasteiger partial charge in [-0.1, -0.05) is 18.2 Å². The van der Waals surface area contributed by atoms with E-state index in [0.29, 0.717) is 5.75 Å². The van der Waals surface area contributed by atoms with Crippen molar-refractivity contribution < 1.29 is 13.5 Å². The molecule has 0 spiro atoms. The van der Waals surface area contributed by atoms with Crippen LogP contribution in [0.1, 0.15) is 12.5 Å². The molecule has 80 valence electrons. The van der Waals surface area contributed by atoms with E-state index in [9.17, 15) is 8.78 Å². The molecule has 1 nitrogen and oxygen atoms in total. The number of hydrogen-bond acceptors (Lipinski definition) is 1. The Morgan fingerprint density at radius 3 is 2.53 bits per heavy atom. The van der Waals surface area contributed by atoms with Crippen molar-refractivity contribution in [1.82, 2.24) is 0 Å². The third-order valence-corrected chi connectivity index (χ3v) is 2.56. The molecule has 0 unspecified atom stereocenters. The quantitative estimate of drug-likeness (QED) is 0.728. The number of benzene rings is 1. The summed E-state index contributed by atoms with van der Waals surface area (Å²) in [5, 5.41) is 0. The maximum Gasteiger partial charge on any atom is 0.184 e. The summed E-state index contributed by atoms with van der Waals surface area (Å²) in [6.07, 6.45) is 1.52. The first kappa shape index (κ1) is 10.1. The molecular weight excluding hydrogens is 198 g/mol. The van der Waals surface area contributed by atoms with Gasteiger partial charge in [-0.3, -0.25) is 0 Å². The van der Waals surface area contributed by atoms with E-state index in [-0.39, 0.29) is 0 Å². The number of ether oxygens (including phenoxy) is 1. The third kappa shape index (κ3) is 1.62. The van der Waals surface area contributed by atoms with Gasteiger partial charge in [0, 0.05) is 5.56 Å². The van der Waals surface area contributed by atoms with Crippen molar-refractivity contribution in [2.24, 2.45) is 0 Å². The smallest absolute Gasteiger partial charge is 0.184 e. The summed E-state index contributed by atoms with van der Waals surface area (Å²) in [6.45, 7) is 0.131. The van der Waals surface area contributed by atoms with Gasteiger partial charge in [-0.25, -0.2) is 8.78 Å². The number of fused-ring (bicyclic) bond motifs is 1. The average molecular weight is 210 g/mol. The molecule has 0 saturated carbocycles. The summed E-state index contributed by atoms with van der Waals surface area (Å²) < 4.78 is 30.9. The monoisotopic (exact) mass is 210 g/mol. The number of rotatable bonds is 2. The molecule has 0 atom stereocenters. The fourth-order valence-corrected chi connectivity index (χ4v) is 1.77. The molecule has 0 bridgehead atoms. The van der Waals surface area contributed by atoms with Crippen molar-refractivity contribution in [3.05, 3.63) is 35.9 Å². The van der Waals surface area contributed by atoms with Crippen LogP contribution < -0.4 is 4.74 Å². The van der Waals surface area contributed by atoms with Gasteiger partial charge in [0.05, 0.1) is 0 Å². The standard InChI is InChI=1S/C12H12F2O/c1-9-6-12(7-13,8-14)15-11-5-3-2-4-10(9)11/h2-6H,7-8H2,1H3. The molecule has 0 aromatic heterocycles. The van der Waals surface area contributed by atoms with Gasteiger partial charge in [-0.2, -0.15) is 0 Å². The summed E-state index contributed by atoms with van der Waals surface area (Å²) in [5.74, 6) is 0.549. The Kier molecular flexibility index (Phi) is 2.47. The fraction of sp³-hybridized carbons (Fsp3) is 0.333. The van der Waals surface area contributed by atoms with Crippen LogP contribution in [-0.4, -0.2) is 19.0 Å². The highest BCUT2D eigenvalue weighted by Crippen LogP contribution is 2.36. The second-order valence-electron chi connectivity index (χ2n) is 3.76. The van der Waals surface area contributed by atoms with Crippen LogP contribution in [0.2, 0.25) is 0 Å². The second kappa shape index (κ2) is 3.65. The fourth-order valence-electron chi connectivity index (χ4n) is 1.77. The molecule has 1 aromatic carbocycles. The third-order valence-electron chi connectivity index (χ3n) is 2.56. The van der Waals surface area contributed by atoms with Crippen LogP contribution in [0.25, 0.3) is 5.57 Å². The first-order chi connectivity index (χ1) is 7.21. The van der Waals surface area contributed by atoms with E-state index in [1.807, 2.05) is 19.1 Å². The zero-order chi connectivity index (χ0) is 10.9. The van der Waals surface area contributed by atoms with Gasteiger partial charge in [0.2, 0.25) is 0 Å². The van der Waals surface area contributed by atoms with E-state index in [1.165, 1.54) is 6.08 Å². The van der Waals surface area contributed by atoms with E-state index in [0.717, 1.165) is 11.1 Å². The number of alkyl halides is 2. The van der Waals surface area contributed by atoms with Crippen molar-refractivity contribution in [3.8, 4) is 5.75 Å². The van der Waals surface area contributed by atoms with Gasteiger partial charge in [0.15, 0.2) is 5.60 Å². The molecule has 0 radical (unpaired) electrons. The molecule has 1 aliphatic rings. The van der Waals surface area contributed by atoms with E-state index in [1.54, 1.807) is 12.1 Å². The number of para-hydroxylation sites is 1. The Balaban J connectivity index is 2.48. The lowest BCUT2D eigenvalue weighted by Crippen LogP contribution is -2.41. The van der Waals surface area contributed by atoms with Crippen LogP contribution >= 0.6 is 0 Å². The summed E-state index contributed by atoms with van der Waals surface area (Å²) in [4.78, 5) is 0. The molecular formula is C12H12F2O. The maximum absolute atomic E-state index is 12.8. The van der Waals surface area contributed by atoms with Crippen molar-refractivity contribution >= 4 is 5.57 Å². The van der Waals surface area contributed by atoms with Gasteiger partial charge >= 0.3 is 0 Å². The summed E-state index contributed by atoms with van der Waals surface area (Å²) in [7, 11) is 0. The Morgan fingerprint density at radius 2 is 1.87 bits per heavy atom. The van der Waals surface area contributed by atoms with E-state index >= 15 is 0 Å². The molecule has 0 amide bonds. The van der Waals surface area contributed by atoms with Crippen LogP contribution in [0.15, 0.2) is 30.3 Å². The number of halogens is 2. The van der Waals surface area contributed by atoms with E-state index in [4.69, 9.17) is 4.74 Å².